The van der Waals surface area contributed by atoms with Gasteiger partial charge < -0.3 is 10.5 Å². The Hall–Kier alpha value is -2.56. The van der Waals surface area contributed by atoms with E-state index in [1.54, 1.807) is 6.20 Å². The highest BCUT2D eigenvalue weighted by Crippen LogP contribution is 2.37. The van der Waals surface area contributed by atoms with Crippen molar-refractivity contribution in [1.82, 2.24) is 14.4 Å². The molecule has 0 spiro atoms. The van der Waals surface area contributed by atoms with Crippen molar-refractivity contribution in [2.24, 2.45) is 0 Å². The van der Waals surface area contributed by atoms with Gasteiger partial charge in [-0.2, -0.15) is 0 Å². The van der Waals surface area contributed by atoms with Crippen molar-refractivity contribution in [1.29, 1.82) is 0 Å². The Balaban J connectivity index is 1.76. The van der Waals surface area contributed by atoms with Crippen molar-refractivity contribution in [3.8, 4) is 17.0 Å². The Bertz CT molecular complexity index is 912. The standard InChI is InChI=1S/C22H28N4O/c1-2-3-14-27-18-11-7-10-17(15-18)19-20-21(23)24-12-13-26(20)22(25-19)16-8-5-4-6-9-16/h7,10-13,15-16H,2-6,8-9,14H2,1H3,(H2,23,24). The van der Waals surface area contributed by atoms with Crippen molar-refractivity contribution in [2.75, 3.05) is 12.3 Å². The topological polar surface area (TPSA) is 65.4 Å². The molecule has 0 bridgehead atoms. The lowest BCUT2D eigenvalue weighted by Gasteiger charge is -2.20. The Morgan fingerprint density at radius 2 is 2.07 bits per heavy atom. The highest BCUT2D eigenvalue weighted by Gasteiger charge is 2.24. The predicted molar refractivity (Wildman–Crippen MR) is 109 cm³/mol. The molecule has 4 rings (SSSR count). The number of ether oxygens (including phenoxy) is 1. The van der Waals surface area contributed by atoms with Crippen molar-refractivity contribution < 1.29 is 4.74 Å². The molecule has 5 heteroatoms. The summed E-state index contributed by atoms with van der Waals surface area (Å²) in [6.07, 6.45) is 12.2. The molecular weight excluding hydrogens is 336 g/mol. The molecule has 1 aromatic carbocycles. The fraction of sp³-hybridized carbons (Fsp3) is 0.455. The number of imidazole rings is 1. The summed E-state index contributed by atoms with van der Waals surface area (Å²) in [4.78, 5) is 9.39. The third kappa shape index (κ3) is 3.64. The highest BCUT2D eigenvalue weighted by molar-refractivity contribution is 5.85. The number of aromatic nitrogens is 3. The molecule has 27 heavy (non-hydrogen) atoms. The maximum Gasteiger partial charge on any atom is 0.150 e. The molecule has 0 radical (unpaired) electrons. The average Bonchev–Trinajstić information content (AvgIpc) is 3.10. The first-order valence-electron chi connectivity index (χ1n) is 10.1. The fourth-order valence-electron chi connectivity index (χ4n) is 4.00. The average molecular weight is 364 g/mol. The van der Waals surface area contributed by atoms with Crippen LogP contribution in [0.2, 0.25) is 0 Å². The number of hydrogen-bond donors (Lipinski definition) is 1. The molecule has 0 amide bonds. The van der Waals surface area contributed by atoms with Crippen LogP contribution in [0.3, 0.4) is 0 Å². The summed E-state index contributed by atoms with van der Waals surface area (Å²) in [6, 6.07) is 8.16. The number of fused-ring (bicyclic) bond motifs is 1. The van der Waals surface area contributed by atoms with Gasteiger partial charge in [-0.05, 0) is 31.4 Å². The monoisotopic (exact) mass is 364 g/mol. The Labute approximate surface area is 160 Å². The third-order valence-electron chi connectivity index (χ3n) is 5.45. The van der Waals surface area contributed by atoms with Gasteiger partial charge in [-0.3, -0.25) is 4.40 Å². The summed E-state index contributed by atoms with van der Waals surface area (Å²) in [6.45, 7) is 2.90. The zero-order chi connectivity index (χ0) is 18.6. The van der Waals surface area contributed by atoms with E-state index in [1.165, 1.54) is 32.1 Å². The largest absolute Gasteiger partial charge is 0.494 e. The van der Waals surface area contributed by atoms with E-state index in [2.05, 4.69) is 28.4 Å². The molecule has 1 fully saturated rings. The van der Waals surface area contributed by atoms with Gasteiger partial charge in [0, 0.05) is 23.9 Å². The maximum atomic E-state index is 6.27. The highest BCUT2D eigenvalue weighted by atomic mass is 16.5. The second kappa shape index (κ2) is 7.99. The predicted octanol–water partition coefficient (Wildman–Crippen LogP) is 5.21. The molecule has 0 atom stereocenters. The SMILES string of the molecule is CCCCOc1cccc(-c2nc(C3CCCCC3)n3ccnc(N)c23)c1. The number of unbranched alkanes of at least 4 members (excludes halogenated alkanes) is 1. The maximum absolute atomic E-state index is 6.27. The van der Waals surface area contributed by atoms with E-state index >= 15 is 0 Å². The van der Waals surface area contributed by atoms with Crippen LogP contribution in [0, 0.1) is 0 Å². The van der Waals surface area contributed by atoms with Crippen LogP contribution in [0.25, 0.3) is 16.8 Å². The number of hydrogen-bond acceptors (Lipinski definition) is 4. The van der Waals surface area contributed by atoms with Crippen LogP contribution in [0.5, 0.6) is 5.75 Å². The van der Waals surface area contributed by atoms with E-state index in [1.807, 2.05) is 18.3 Å². The minimum atomic E-state index is 0.491. The first-order chi connectivity index (χ1) is 13.3. The normalized spacial score (nSPS) is 15.3. The van der Waals surface area contributed by atoms with Gasteiger partial charge in [-0.25, -0.2) is 9.97 Å². The molecule has 2 N–H and O–H groups in total. The molecule has 1 saturated carbocycles. The quantitative estimate of drug-likeness (QED) is 0.610. The first-order valence-corrected chi connectivity index (χ1v) is 10.1. The number of anilines is 1. The Morgan fingerprint density at radius 1 is 1.22 bits per heavy atom. The van der Waals surface area contributed by atoms with Crippen LogP contribution >= 0.6 is 0 Å². The Kier molecular flexibility index (Phi) is 5.28. The number of nitrogen functional groups attached to an aromatic ring is 1. The number of rotatable bonds is 6. The van der Waals surface area contributed by atoms with Crippen molar-refractivity contribution in [2.45, 2.75) is 57.8 Å². The van der Waals surface area contributed by atoms with Crippen molar-refractivity contribution >= 4 is 11.3 Å². The zero-order valence-electron chi connectivity index (χ0n) is 16.0. The molecule has 0 aliphatic heterocycles. The molecule has 0 saturated heterocycles. The minimum Gasteiger partial charge on any atom is -0.494 e. The summed E-state index contributed by atoms with van der Waals surface area (Å²) >= 11 is 0. The molecule has 0 unspecified atom stereocenters. The van der Waals surface area contributed by atoms with Crippen LogP contribution in [-0.4, -0.2) is 21.0 Å². The minimum absolute atomic E-state index is 0.491. The second-order valence-corrected chi connectivity index (χ2v) is 7.41. The van der Waals surface area contributed by atoms with Crippen molar-refractivity contribution in [3.05, 3.63) is 42.5 Å². The molecule has 3 aromatic rings. The molecule has 5 nitrogen and oxygen atoms in total. The molecule has 2 aromatic heterocycles. The van der Waals surface area contributed by atoms with Crippen LogP contribution in [0.15, 0.2) is 36.7 Å². The van der Waals surface area contributed by atoms with Gasteiger partial charge in [0.1, 0.15) is 28.6 Å². The number of nitrogens with two attached hydrogens (primary N) is 1. The van der Waals surface area contributed by atoms with Gasteiger partial charge in [0.15, 0.2) is 0 Å². The summed E-state index contributed by atoms with van der Waals surface area (Å²) < 4.78 is 8.04. The lowest BCUT2D eigenvalue weighted by Crippen LogP contribution is -2.09. The lowest BCUT2D eigenvalue weighted by atomic mass is 9.89. The molecule has 2 heterocycles. The smallest absolute Gasteiger partial charge is 0.150 e. The molecular formula is C22H28N4O. The molecule has 1 aliphatic rings. The summed E-state index contributed by atoms with van der Waals surface area (Å²) in [7, 11) is 0. The van der Waals surface area contributed by atoms with E-state index in [-0.39, 0.29) is 0 Å². The number of benzene rings is 1. The van der Waals surface area contributed by atoms with Gasteiger partial charge in [0.05, 0.1) is 6.61 Å². The van der Waals surface area contributed by atoms with Crippen molar-refractivity contribution in [3.63, 3.8) is 0 Å². The summed E-state index contributed by atoms with van der Waals surface area (Å²) in [5, 5.41) is 0. The van der Waals surface area contributed by atoms with Gasteiger partial charge in [0.25, 0.3) is 0 Å². The van der Waals surface area contributed by atoms with Crippen LogP contribution in [0.1, 0.15) is 63.6 Å². The van der Waals surface area contributed by atoms with E-state index in [4.69, 9.17) is 15.5 Å². The second-order valence-electron chi connectivity index (χ2n) is 7.41. The van der Waals surface area contributed by atoms with Gasteiger partial charge >= 0.3 is 0 Å². The van der Waals surface area contributed by atoms with Crippen LogP contribution in [0.4, 0.5) is 5.82 Å². The lowest BCUT2D eigenvalue weighted by molar-refractivity contribution is 0.309. The first kappa shape index (κ1) is 17.8. The van der Waals surface area contributed by atoms with Crippen LogP contribution in [-0.2, 0) is 0 Å². The zero-order valence-corrected chi connectivity index (χ0v) is 16.0. The Morgan fingerprint density at radius 3 is 2.89 bits per heavy atom. The van der Waals surface area contributed by atoms with Crippen LogP contribution < -0.4 is 10.5 Å². The molecule has 142 valence electrons. The van der Waals surface area contributed by atoms with Gasteiger partial charge in [-0.1, -0.05) is 44.7 Å². The van der Waals surface area contributed by atoms with Gasteiger partial charge in [0.2, 0.25) is 0 Å². The fourth-order valence-corrected chi connectivity index (χ4v) is 4.00. The van der Waals surface area contributed by atoms with E-state index in [0.717, 1.165) is 47.8 Å². The van der Waals surface area contributed by atoms with E-state index in [9.17, 15) is 0 Å². The summed E-state index contributed by atoms with van der Waals surface area (Å²) in [5.74, 6) is 3.01. The number of nitrogens with zero attached hydrogens (tertiary/aromatic N) is 3. The third-order valence-corrected chi connectivity index (χ3v) is 5.45. The van der Waals surface area contributed by atoms with E-state index in [0.29, 0.717) is 11.7 Å². The summed E-state index contributed by atoms with van der Waals surface area (Å²) in [5.41, 5.74) is 9.11. The van der Waals surface area contributed by atoms with E-state index < -0.39 is 0 Å². The van der Waals surface area contributed by atoms with Gasteiger partial charge in [-0.15, -0.1) is 0 Å². The molecule has 1 aliphatic carbocycles.